The topological polar surface area (TPSA) is 171 Å². The highest BCUT2D eigenvalue weighted by molar-refractivity contribution is 7.92. The Balaban J connectivity index is 1.55. The number of rotatable bonds is 12. The minimum Gasteiger partial charge on any atom is -0.346 e. The molecule has 2 aliphatic carbocycles. The summed E-state index contributed by atoms with van der Waals surface area (Å²) < 4.78 is 26.0. The lowest BCUT2D eigenvalue weighted by atomic mass is 9.78. The quantitative estimate of drug-likeness (QED) is 0.182. The van der Waals surface area contributed by atoms with Crippen molar-refractivity contribution in [2.45, 2.75) is 128 Å². The highest BCUT2D eigenvalue weighted by atomic mass is 32.2. The highest BCUT2D eigenvalue weighted by Crippen LogP contribution is 2.65. The van der Waals surface area contributed by atoms with Gasteiger partial charge in [0.25, 0.3) is 5.91 Å². The number of amides is 5. The van der Waals surface area contributed by atoms with Crippen molar-refractivity contribution >= 4 is 39.4 Å². The summed E-state index contributed by atoms with van der Waals surface area (Å²) in [6.45, 7) is 15.4. The molecule has 0 aromatic rings. The van der Waals surface area contributed by atoms with Gasteiger partial charge in [-0.05, 0) is 54.8 Å². The summed E-state index contributed by atoms with van der Waals surface area (Å²) in [5.74, 6) is -2.44. The van der Waals surface area contributed by atoms with Gasteiger partial charge in [0.1, 0.15) is 12.1 Å². The monoisotopic (exact) mass is 677 g/mol. The van der Waals surface area contributed by atoms with Crippen molar-refractivity contribution in [3.8, 4) is 0 Å². The Labute approximate surface area is 279 Å². The van der Waals surface area contributed by atoms with Crippen molar-refractivity contribution in [3.05, 3.63) is 12.7 Å². The Morgan fingerprint density at radius 1 is 1.02 bits per heavy atom. The maximum absolute atomic E-state index is 14.4. The van der Waals surface area contributed by atoms with E-state index in [9.17, 15) is 32.4 Å². The number of hydrogen-bond acceptors (Lipinski definition) is 7. The van der Waals surface area contributed by atoms with Crippen LogP contribution in [0.5, 0.6) is 0 Å². The van der Waals surface area contributed by atoms with Gasteiger partial charge < -0.3 is 26.2 Å². The fraction of sp³-hybridized carbons (Fsp3) is 0.794. The molecule has 2 aliphatic heterocycles. The lowest BCUT2D eigenvalue weighted by molar-refractivity contribution is -0.145. The zero-order valence-electron chi connectivity index (χ0n) is 28.9. The number of nitrogens with one attached hydrogen (secondary N) is 4. The predicted molar refractivity (Wildman–Crippen MR) is 179 cm³/mol. The molecule has 4 fully saturated rings. The van der Waals surface area contributed by atoms with Gasteiger partial charge in [0.2, 0.25) is 17.6 Å². The summed E-state index contributed by atoms with van der Waals surface area (Å²) in [5.41, 5.74) is -1.84. The lowest BCUT2D eigenvalue weighted by Crippen LogP contribution is -2.65. The Morgan fingerprint density at radius 3 is 2.23 bits per heavy atom. The van der Waals surface area contributed by atoms with Crippen LogP contribution in [0.3, 0.4) is 0 Å². The van der Waals surface area contributed by atoms with E-state index < -0.39 is 73.7 Å². The molecule has 47 heavy (non-hydrogen) atoms. The van der Waals surface area contributed by atoms with Crippen molar-refractivity contribution in [1.29, 1.82) is 0 Å². The van der Waals surface area contributed by atoms with Gasteiger partial charge in [-0.25, -0.2) is 13.2 Å². The summed E-state index contributed by atoms with van der Waals surface area (Å²) >= 11 is 0. The highest BCUT2D eigenvalue weighted by Gasteiger charge is 2.70. The van der Waals surface area contributed by atoms with Crippen LogP contribution in [0.25, 0.3) is 0 Å². The van der Waals surface area contributed by atoms with E-state index in [0.717, 1.165) is 19.3 Å². The first kappa shape index (κ1) is 36.9. The number of hydrogen-bond donors (Lipinski definition) is 4. The van der Waals surface area contributed by atoms with Crippen LogP contribution in [0.1, 0.15) is 99.3 Å². The lowest BCUT2D eigenvalue weighted by Gasteiger charge is -2.43. The average Bonchev–Trinajstić information content (AvgIpc) is 3.30. The molecular weight excluding hydrogens is 622 g/mol. The number of piperidine rings is 1. The maximum atomic E-state index is 14.4. The van der Waals surface area contributed by atoms with Crippen LogP contribution in [-0.4, -0.2) is 90.6 Å². The third-order valence-corrected chi connectivity index (χ3v) is 13.5. The third-order valence-electron chi connectivity index (χ3n) is 11.0. The minimum atomic E-state index is -3.35. The first-order chi connectivity index (χ1) is 21.9. The number of carbonyl (C=O) groups excluding carboxylic acids is 5. The van der Waals surface area contributed by atoms with Crippen molar-refractivity contribution in [1.82, 2.24) is 26.2 Å². The van der Waals surface area contributed by atoms with E-state index in [4.69, 9.17) is 0 Å². The molecule has 13 heteroatoms. The molecular formula is C34H55N5O7S. The Bertz CT molecular complexity index is 1360. The van der Waals surface area contributed by atoms with Gasteiger partial charge in [0.15, 0.2) is 9.84 Å². The van der Waals surface area contributed by atoms with Gasteiger partial charge in [0, 0.05) is 13.1 Å². The Morgan fingerprint density at radius 2 is 1.68 bits per heavy atom. The molecule has 4 aliphatic rings. The van der Waals surface area contributed by atoms with Crippen LogP contribution in [0.2, 0.25) is 0 Å². The fourth-order valence-corrected chi connectivity index (χ4v) is 10.7. The largest absolute Gasteiger partial charge is 0.346 e. The van der Waals surface area contributed by atoms with Crippen LogP contribution >= 0.6 is 0 Å². The SMILES string of the molecule is C=CCNC(=O)C(=O)[C@H](CCC)NC(=O)[C@@H]1C2C(CN1C(=O)[C@@H](NC(=O)NC1([C@@H]3CCCS3(=O)=O)CCCCC1)C(C)(C)C)C2(C)C. The third kappa shape index (κ3) is 7.54. The van der Waals surface area contributed by atoms with Crippen molar-refractivity contribution < 1.29 is 32.4 Å². The smallest absolute Gasteiger partial charge is 0.315 e. The van der Waals surface area contributed by atoms with Crippen LogP contribution < -0.4 is 21.3 Å². The number of sulfone groups is 1. The molecule has 2 saturated carbocycles. The van der Waals surface area contributed by atoms with E-state index in [0.29, 0.717) is 38.6 Å². The second kappa shape index (κ2) is 13.9. The molecule has 0 spiro atoms. The number of nitrogens with zero attached hydrogens (tertiary/aromatic N) is 1. The number of urea groups is 1. The van der Waals surface area contributed by atoms with Gasteiger partial charge in [-0.15, -0.1) is 6.58 Å². The van der Waals surface area contributed by atoms with Crippen LogP contribution in [-0.2, 0) is 29.0 Å². The second-order valence-electron chi connectivity index (χ2n) is 15.7. The summed E-state index contributed by atoms with van der Waals surface area (Å²) in [6.07, 6.45) is 7.07. The van der Waals surface area contributed by atoms with Crippen LogP contribution in [0.15, 0.2) is 12.7 Å². The van der Waals surface area contributed by atoms with E-state index in [2.05, 4.69) is 41.7 Å². The van der Waals surface area contributed by atoms with Gasteiger partial charge in [-0.3, -0.25) is 19.2 Å². The molecule has 2 unspecified atom stereocenters. The molecule has 2 heterocycles. The normalized spacial score (nSPS) is 28.3. The molecule has 0 bridgehead atoms. The predicted octanol–water partition coefficient (Wildman–Crippen LogP) is 2.62. The molecule has 0 aromatic carbocycles. The van der Waals surface area contributed by atoms with E-state index in [1.807, 2.05) is 27.7 Å². The standard InChI is InChI=1S/C34H55N5O7S/c1-8-14-22(26(40)29(42)35-18-9-2)36-28(41)25-24-21(33(24,6)7)20-39(25)30(43)27(32(3,4)5)37-31(44)38-34(16-11-10-12-17-34)23-15-13-19-47(23,45)46/h9,21-25,27H,2,8,10-20H2,1,3-7H3,(H,35,42)(H,36,41)(H2,37,38,44)/t21?,22-,23-,24?,25-,27+/m0/s1. The minimum absolute atomic E-state index is 0.0611. The molecule has 0 aromatic heterocycles. The van der Waals surface area contributed by atoms with Gasteiger partial charge in [0.05, 0.1) is 22.6 Å². The van der Waals surface area contributed by atoms with E-state index in [-0.39, 0.29) is 36.0 Å². The van der Waals surface area contributed by atoms with E-state index in [1.54, 1.807) is 0 Å². The number of Topliss-reactive ketones (excluding diaryl/α,β-unsaturated/α-hetero) is 1. The summed E-state index contributed by atoms with van der Waals surface area (Å²) in [6, 6.07) is -3.53. The summed E-state index contributed by atoms with van der Waals surface area (Å²) in [4.78, 5) is 69.0. The van der Waals surface area contributed by atoms with Gasteiger partial charge in [-0.1, -0.05) is 73.3 Å². The zero-order valence-corrected chi connectivity index (χ0v) is 29.8. The van der Waals surface area contributed by atoms with Gasteiger partial charge >= 0.3 is 6.03 Å². The number of fused-ring (bicyclic) bond motifs is 1. The molecule has 5 amide bonds. The van der Waals surface area contributed by atoms with Crippen LogP contribution in [0.4, 0.5) is 4.79 Å². The summed E-state index contributed by atoms with van der Waals surface area (Å²) in [7, 11) is -3.35. The Kier molecular flexibility index (Phi) is 10.9. The first-order valence-corrected chi connectivity index (χ1v) is 19.0. The molecule has 6 atom stereocenters. The second-order valence-corrected chi connectivity index (χ2v) is 18.0. The number of likely N-dealkylation sites (tertiary alicyclic amines) is 1. The van der Waals surface area contributed by atoms with E-state index in [1.165, 1.54) is 11.0 Å². The van der Waals surface area contributed by atoms with Crippen molar-refractivity contribution in [3.63, 3.8) is 0 Å². The number of ketones is 1. The molecule has 12 nitrogen and oxygen atoms in total. The zero-order chi connectivity index (χ0) is 34.9. The Hall–Kier alpha value is -2.96. The molecule has 0 radical (unpaired) electrons. The molecule has 4 N–H and O–H groups in total. The maximum Gasteiger partial charge on any atom is 0.315 e. The van der Waals surface area contributed by atoms with Crippen molar-refractivity contribution in [2.75, 3.05) is 18.8 Å². The molecule has 2 saturated heterocycles. The van der Waals surface area contributed by atoms with E-state index >= 15 is 0 Å². The summed E-state index contributed by atoms with van der Waals surface area (Å²) in [5, 5.41) is 10.6. The van der Waals surface area contributed by atoms with Crippen LogP contribution in [0, 0.1) is 22.7 Å². The van der Waals surface area contributed by atoms with Crippen molar-refractivity contribution in [2.24, 2.45) is 22.7 Å². The fourth-order valence-electron chi connectivity index (χ4n) is 8.37. The molecule has 4 rings (SSSR count). The van der Waals surface area contributed by atoms with Gasteiger partial charge in [-0.2, -0.15) is 0 Å². The average molecular weight is 678 g/mol. The first-order valence-electron chi connectivity index (χ1n) is 17.3. The number of carbonyl (C=O) groups is 5. The molecule has 264 valence electrons.